The molecular weight excluding hydrogens is 392 g/mol. The summed E-state index contributed by atoms with van der Waals surface area (Å²) in [5.41, 5.74) is 1.86. The van der Waals surface area contributed by atoms with E-state index >= 15 is 0 Å². The average molecular weight is 410 g/mol. The molecule has 3 aromatic carbocycles. The molecule has 0 heterocycles. The summed E-state index contributed by atoms with van der Waals surface area (Å²) < 4.78 is 38.0. The zero-order chi connectivity index (χ0) is 20.7. The zero-order valence-corrected chi connectivity index (χ0v) is 16.3. The minimum atomic E-state index is -4.48. The summed E-state index contributed by atoms with van der Waals surface area (Å²) in [5, 5.41) is 16.2. The number of azo groups is 2. The van der Waals surface area contributed by atoms with E-state index in [0.717, 1.165) is 5.69 Å². The Kier molecular flexibility index (Phi) is 6.43. The number of hydrogen-bond acceptors (Lipinski definition) is 7. The first-order valence-electron chi connectivity index (χ1n) is 8.68. The van der Waals surface area contributed by atoms with Crippen LogP contribution in [0, 0.1) is 0 Å². The van der Waals surface area contributed by atoms with Crippen LogP contribution in [0.25, 0.3) is 0 Å². The van der Waals surface area contributed by atoms with Crippen molar-refractivity contribution in [2.75, 3.05) is 6.61 Å². The van der Waals surface area contributed by atoms with Crippen LogP contribution in [0.1, 0.15) is 6.92 Å². The Labute approximate surface area is 168 Å². The van der Waals surface area contributed by atoms with Crippen molar-refractivity contribution in [3.05, 3.63) is 72.8 Å². The summed E-state index contributed by atoms with van der Waals surface area (Å²) >= 11 is 0. The Balaban J connectivity index is 1.79. The average Bonchev–Trinajstić information content (AvgIpc) is 2.72. The minimum absolute atomic E-state index is 0.00351. The van der Waals surface area contributed by atoms with E-state index in [-0.39, 0.29) is 10.6 Å². The maximum absolute atomic E-state index is 11.6. The molecule has 3 rings (SSSR count). The third-order valence-electron chi connectivity index (χ3n) is 3.68. The Bertz CT molecular complexity index is 1130. The maximum Gasteiger partial charge on any atom is 0.296 e. The van der Waals surface area contributed by atoms with Crippen LogP contribution in [0.3, 0.4) is 0 Å². The van der Waals surface area contributed by atoms with E-state index in [2.05, 4.69) is 20.5 Å². The molecule has 0 fully saturated rings. The maximum atomic E-state index is 11.6. The van der Waals surface area contributed by atoms with Crippen LogP contribution < -0.4 is 4.74 Å². The van der Waals surface area contributed by atoms with Crippen LogP contribution in [0.2, 0.25) is 0 Å². The predicted molar refractivity (Wildman–Crippen MR) is 109 cm³/mol. The van der Waals surface area contributed by atoms with Gasteiger partial charge in [-0.25, -0.2) is 0 Å². The second kappa shape index (κ2) is 9.18. The van der Waals surface area contributed by atoms with E-state index in [4.69, 9.17) is 4.74 Å². The van der Waals surface area contributed by atoms with Crippen molar-refractivity contribution in [3.63, 3.8) is 0 Å². The second-order valence-corrected chi connectivity index (χ2v) is 7.18. The number of benzene rings is 3. The monoisotopic (exact) mass is 410 g/mol. The van der Waals surface area contributed by atoms with Gasteiger partial charge < -0.3 is 4.74 Å². The SMILES string of the molecule is CCOc1ccc(N=Nc2ccc(N=Nc3ccccc3)cc2)c(S(=O)(=O)O)c1. The lowest BCUT2D eigenvalue weighted by Crippen LogP contribution is -2.00. The first-order valence-corrected chi connectivity index (χ1v) is 10.1. The van der Waals surface area contributed by atoms with Crippen molar-refractivity contribution >= 4 is 32.9 Å². The fraction of sp³-hybridized carbons (Fsp3) is 0.100. The standard InChI is InChI=1S/C20H18N4O4S/c1-2-28-18-12-13-19(20(14-18)29(25,26)27)24-23-17-10-8-16(9-11-17)22-21-15-6-4-3-5-7-15/h3-14H,2H2,1H3,(H,25,26,27). The number of ether oxygens (including phenoxy) is 1. The molecule has 0 saturated heterocycles. The van der Waals surface area contributed by atoms with Gasteiger partial charge in [0.15, 0.2) is 0 Å². The van der Waals surface area contributed by atoms with Crippen LogP contribution in [0.5, 0.6) is 5.75 Å². The molecule has 0 aliphatic heterocycles. The molecule has 0 radical (unpaired) electrons. The molecular formula is C20H18N4O4S. The van der Waals surface area contributed by atoms with E-state index in [1.54, 1.807) is 37.3 Å². The minimum Gasteiger partial charge on any atom is -0.494 e. The normalized spacial score (nSPS) is 11.9. The van der Waals surface area contributed by atoms with Gasteiger partial charge in [-0.1, -0.05) is 18.2 Å². The highest BCUT2D eigenvalue weighted by molar-refractivity contribution is 7.86. The summed E-state index contributed by atoms with van der Waals surface area (Å²) in [5.74, 6) is 0.312. The molecule has 29 heavy (non-hydrogen) atoms. The number of nitrogens with zero attached hydrogens (tertiary/aromatic N) is 4. The van der Waals surface area contributed by atoms with Crippen molar-refractivity contribution in [1.29, 1.82) is 0 Å². The fourth-order valence-corrected chi connectivity index (χ4v) is 2.99. The largest absolute Gasteiger partial charge is 0.494 e. The molecule has 0 aliphatic rings. The fourth-order valence-electron chi connectivity index (χ4n) is 2.35. The van der Waals surface area contributed by atoms with E-state index in [1.807, 2.05) is 30.3 Å². The highest BCUT2D eigenvalue weighted by Gasteiger charge is 2.17. The third kappa shape index (κ3) is 5.77. The summed E-state index contributed by atoms with van der Waals surface area (Å²) in [6.07, 6.45) is 0. The molecule has 0 saturated carbocycles. The van der Waals surface area contributed by atoms with E-state index in [9.17, 15) is 13.0 Å². The van der Waals surface area contributed by atoms with Crippen molar-refractivity contribution < 1.29 is 17.7 Å². The molecule has 3 aromatic rings. The predicted octanol–water partition coefficient (Wildman–Crippen LogP) is 6.16. The van der Waals surface area contributed by atoms with Gasteiger partial charge in [0.2, 0.25) is 0 Å². The Morgan fingerprint density at radius 2 is 1.34 bits per heavy atom. The van der Waals surface area contributed by atoms with E-state index in [1.165, 1.54) is 12.1 Å². The molecule has 0 aliphatic carbocycles. The Hall–Kier alpha value is -3.43. The van der Waals surface area contributed by atoms with Crippen LogP contribution in [-0.4, -0.2) is 19.6 Å². The molecule has 0 amide bonds. The smallest absolute Gasteiger partial charge is 0.296 e. The number of hydrogen-bond donors (Lipinski definition) is 1. The Morgan fingerprint density at radius 3 is 1.90 bits per heavy atom. The van der Waals surface area contributed by atoms with Gasteiger partial charge in [-0.05, 0) is 55.5 Å². The van der Waals surface area contributed by atoms with Gasteiger partial charge in [-0.2, -0.15) is 23.8 Å². The summed E-state index contributed by atoms with van der Waals surface area (Å²) in [4.78, 5) is -0.375. The molecule has 8 nitrogen and oxygen atoms in total. The molecule has 0 bridgehead atoms. The lowest BCUT2D eigenvalue weighted by molar-refractivity contribution is 0.339. The molecule has 1 N–H and O–H groups in total. The number of rotatable bonds is 7. The molecule has 0 spiro atoms. The first kappa shape index (κ1) is 20.3. The van der Waals surface area contributed by atoms with Crippen LogP contribution in [0.4, 0.5) is 22.7 Å². The van der Waals surface area contributed by atoms with Crippen molar-refractivity contribution in [2.24, 2.45) is 20.5 Å². The Morgan fingerprint density at radius 1 is 0.793 bits per heavy atom. The van der Waals surface area contributed by atoms with Crippen LogP contribution in [-0.2, 0) is 10.1 Å². The van der Waals surface area contributed by atoms with Gasteiger partial charge in [0.1, 0.15) is 16.3 Å². The zero-order valence-electron chi connectivity index (χ0n) is 15.5. The molecule has 0 atom stereocenters. The van der Waals surface area contributed by atoms with Crippen LogP contribution >= 0.6 is 0 Å². The quantitative estimate of drug-likeness (QED) is 0.371. The van der Waals surface area contributed by atoms with Crippen molar-refractivity contribution in [2.45, 2.75) is 11.8 Å². The highest BCUT2D eigenvalue weighted by atomic mass is 32.2. The lowest BCUT2D eigenvalue weighted by Gasteiger charge is -2.06. The van der Waals surface area contributed by atoms with Crippen molar-refractivity contribution in [1.82, 2.24) is 0 Å². The highest BCUT2D eigenvalue weighted by Crippen LogP contribution is 2.30. The summed E-state index contributed by atoms with van der Waals surface area (Å²) in [6.45, 7) is 2.13. The molecule has 0 unspecified atom stereocenters. The van der Waals surface area contributed by atoms with Gasteiger partial charge >= 0.3 is 0 Å². The molecule has 0 aromatic heterocycles. The second-order valence-electron chi connectivity index (χ2n) is 5.79. The van der Waals surface area contributed by atoms with Crippen LogP contribution in [0.15, 0.2) is 98.1 Å². The summed E-state index contributed by atoms with van der Waals surface area (Å²) in [7, 11) is -4.48. The van der Waals surface area contributed by atoms with Gasteiger partial charge in [-0.3, -0.25) is 4.55 Å². The topological polar surface area (TPSA) is 113 Å². The molecule has 148 valence electrons. The van der Waals surface area contributed by atoms with Crippen molar-refractivity contribution in [3.8, 4) is 5.75 Å². The molecule has 9 heteroatoms. The first-order chi connectivity index (χ1) is 14.0. The third-order valence-corrected chi connectivity index (χ3v) is 4.56. The van der Waals surface area contributed by atoms with E-state index in [0.29, 0.717) is 23.7 Å². The van der Waals surface area contributed by atoms with Gasteiger partial charge in [0.25, 0.3) is 10.1 Å². The van der Waals surface area contributed by atoms with Gasteiger partial charge in [-0.15, -0.1) is 5.11 Å². The van der Waals surface area contributed by atoms with Gasteiger partial charge in [0.05, 0.1) is 23.7 Å². The summed E-state index contributed by atoms with van der Waals surface area (Å²) in [6, 6.07) is 20.3. The van der Waals surface area contributed by atoms with Gasteiger partial charge in [0, 0.05) is 6.07 Å². The van der Waals surface area contributed by atoms with E-state index < -0.39 is 10.1 Å². The lowest BCUT2D eigenvalue weighted by atomic mass is 10.3.